The first-order chi connectivity index (χ1) is 15.1. The number of aromatic nitrogens is 1. The van der Waals surface area contributed by atoms with Crippen LogP contribution >= 0.6 is 23.2 Å². The van der Waals surface area contributed by atoms with Crippen LogP contribution in [0, 0.1) is 0 Å². The van der Waals surface area contributed by atoms with Crippen molar-refractivity contribution in [3.05, 3.63) is 93.1 Å². The minimum atomic E-state index is -0.0870. The molecule has 0 spiro atoms. The third-order valence-corrected chi connectivity index (χ3v) is 6.22. The molecule has 2 heterocycles. The monoisotopic (exact) mass is 452 g/mol. The van der Waals surface area contributed by atoms with Crippen LogP contribution in [0.3, 0.4) is 0 Å². The van der Waals surface area contributed by atoms with E-state index in [9.17, 15) is 0 Å². The van der Waals surface area contributed by atoms with Crippen molar-refractivity contribution in [2.45, 2.75) is 19.1 Å². The van der Waals surface area contributed by atoms with Gasteiger partial charge in [0.25, 0.3) is 0 Å². The number of methoxy groups -OCH3 is 1. The van der Waals surface area contributed by atoms with Gasteiger partial charge in [0.15, 0.2) is 0 Å². The summed E-state index contributed by atoms with van der Waals surface area (Å²) in [5.41, 5.74) is 5.54. The molecule has 2 N–H and O–H groups in total. The molecule has 158 valence electrons. The van der Waals surface area contributed by atoms with E-state index in [-0.39, 0.29) is 6.04 Å². The highest BCUT2D eigenvalue weighted by Crippen LogP contribution is 2.41. The summed E-state index contributed by atoms with van der Waals surface area (Å²) < 4.78 is 11.7. The van der Waals surface area contributed by atoms with E-state index >= 15 is 0 Å². The number of hydrogen-bond donors (Lipinski definition) is 2. The van der Waals surface area contributed by atoms with Gasteiger partial charge in [-0.3, -0.25) is 0 Å². The van der Waals surface area contributed by atoms with Crippen LogP contribution in [-0.4, -0.2) is 18.6 Å². The lowest BCUT2D eigenvalue weighted by molar-refractivity contribution is 0.306. The summed E-state index contributed by atoms with van der Waals surface area (Å²) in [5, 5.41) is 5.85. The number of H-pyrrole nitrogens is 1. The van der Waals surface area contributed by atoms with Gasteiger partial charge in [0.1, 0.15) is 18.1 Å². The molecule has 5 rings (SSSR count). The zero-order chi connectivity index (χ0) is 21.4. The van der Waals surface area contributed by atoms with E-state index in [0.29, 0.717) is 22.4 Å². The Morgan fingerprint density at radius 3 is 2.68 bits per heavy atom. The predicted molar refractivity (Wildman–Crippen MR) is 126 cm³/mol. The van der Waals surface area contributed by atoms with E-state index < -0.39 is 0 Å². The topological polar surface area (TPSA) is 46.3 Å². The molecule has 1 unspecified atom stereocenters. The molecule has 1 atom stereocenters. The van der Waals surface area contributed by atoms with Crippen LogP contribution in [0.5, 0.6) is 11.5 Å². The highest BCUT2D eigenvalue weighted by atomic mass is 35.5. The normalized spacial score (nSPS) is 15.6. The summed E-state index contributed by atoms with van der Waals surface area (Å²) in [4.78, 5) is 3.60. The van der Waals surface area contributed by atoms with E-state index in [1.54, 1.807) is 13.2 Å². The smallest absolute Gasteiger partial charge is 0.142 e. The van der Waals surface area contributed by atoms with E-state index in [1.165, 1.54) is 10.9 Å². The van der Waals surface area contributed by atoms with Crippen molar-refractivity contribution >= 4 is 34.1 Å². The lowest BCUT2D eigenvalue weighted by Gasteiger charge is -2.26. The van der Waals surface area contributed by atoms with Crippen LogP contribution in [0.4, 0.5) is 0 Å². The van der Waals surface area contributed by atoms with Gasteiger partial charge in [0.05, 0.1) is 18.2 Å². The van der Waals surface area contributed by atoms with Crippen molar-refractivity contribution in [2.75, 3.05) is 13.7 Å². The average Bonchev–Trinajstić information content (AvgIpc) is 3.16. The van der Waals surface area contributed by atoms with Crippen LogP contribution < -0.4 is 14.8 Å². The number of halogens is 2. The number of aromatic amines is 1. The van der Waals surface area contributed by atoms with Crippen molar-refractivity contribution in [2.24, 2.45) is 0 Å². The Labute approximate surface area is 191 Å². The largest absolute Gasteiger partial charge is 0.495 e. The number of hydrogen-bond acceptors (Lipinski definition) is 3. The lowest BCUT2D eigenvalue weighted by Crippen LogP contribution is -2.30. The van der Waals surface area contributed by atoms with Crippen molar-refractivity contribution in [3.8, 4) is 11.5 Å². The van der Waals surface area contributed by atoms with Crippen molar-refractivity contribution < 1.29 is 9.47 Å². The molecule has 0 saturated heterocycles. The molecule has 1 aromatic heterocycles. The van der Waals surface area contributed by atoms with Gasteiger partial charge < -0.3 is 19.8 Å². The Hall–Kier alpha value is -2.66. The minimum absolute atomic E-state index is 0.0870. The highest BCUT2D eigenvalue weighted by Gasteiger charge is 2.28. The summed E-state index contributed by atoms with van der Waals surface area (Å²) in [6, 6.07) is 19.9. The number of rotatable bonds is 5. The summed E-state index contributed by atoms with van der Waals surface area (Å²) in [6.45, 7) is 1.38. The molecular weight excluding hydrogens is 431 g/mol. The SMILES string of the molecule is COc1c(Cl)cc(Cl)cc1C1NCCc2c1[nH]c1ccc(OCc3ccccc3)cc21. The molecule has 0 saturated carbocycles. The Morgan fingerprint density at radius 1 is 1.03 bits per heavy atom. The van der Waals surface area contributed by atoms with Gasteiger partial charge in [0.2, 0.25) is 0 Å². The molecule has 4 aromatic rings. The zero-order valence-corrected chi connectivity index (χ0v) is 18.6. The summed E-state index contributed by atoms with van der Waals surface area (Å²) >= 11 is 12.7. The predicted octanol–water partition coefficient (Wildman–Crippen LogP) is 6.30. The molecule has 0 radical (unpaired) electrons. The Morgan fingerprint density at radius 2 is 1.87 bits per heavy atom. The minimum Gasteiger partial charge on any atom is -0.495 e. The number of fused-ring (bicyclic) bond motifs is 3. The van der Waals surface area contributed by atoms with Gasteiger partial charge in [-0.1, -0.05) is 53.5 Å². The second-order valence-corrected chi connectivity index (χ2v) is 8.49. The summed E-state index contributed by atoms with van der Waals surface area (Å²) in [5.74, 6) is 1.50. The van der Waals surface area contributed by atoms with Crippen molar-refractivity contribution in [1.82, 2.24) is 10.3 Å². The van der Waals surface area contributed by atoms with E-state index in [1.807, 2.05) is 30.3 Å². The van der Waals surface area contributed by atoms with E-state index in [0.717, 1.165) is 41.1 Å². The first-order valence-corrected chi connectivity index (χ1v) is 11.0. The van der Waals surface area contributed by atoms with Gasteiger partial charge in [-0.05, 0) is 47.9 Å². The Kier molecular flexibility index (Phi) is 5.53. The quantitative estimate of drug-likeness (QED) is 0.373. The maximum atomic E-state index is 6.40. The molecule has 0 fully saturated rings. The number of ether oxygens (including phenoxy) is 2. The number of benzene rings is 3. The van der Waals surface area contributed by atoms with Gasteiger partial charge in [-0.15, -0.1) is 0 Å². The van der Waals surface area contributed by atoms with Gasteiger partial charge >= 0.3 is 0 Å². The second-order valence-electron chi connectivity index (χ2n) is 7.65. The molecule has 0 aliphatic carbocycles. The second kappa shape index (κ2) is 8.46. The van der Waals surface area contributed by atoms with Crippen LogP contribution in [0.15, 0.2) is 60.7 Å². The maximum Gasteiger partial charge on any atom is 0.142 e. The molecule has 0 amide bonds. The maximum absolute atomic E-state index is 6.40. The Balaban J connectivity index is 1.52. The van der Waals surface area contributed by atoms with Crippen molar-refractivity contribution in [1.29, 1.82) is 0 Å². The van der Waals surface area contributed by atoms with Gasteiger partial charge in [-0.2, -0.15) is 0 Å². The zero-order valence-electron chi connectivity index (χ0n) is 17.0. The fourth-order valence-electron chi connectivity index (χ4n) is 4.31. The molecule has 31 heavy (non-hydrogen) atoms. The lowest BCUT2D eigenvalue weighted by atomic mass is 9.93. The molecule has 4 nitrogen and oxygen atoms in total. The van der Waals surface area contributed by atoms with Gasteiger partial charge in [0, 0.05) is 33.7 Å². The van der Waals surface area contributed by atoms with Crippen molar-refractivity contribution in [3.63, 3.8) is 0 Å². The first kappa shape index (κ1) is 20.3. The van der Waals surface area contributed by atoms with E-state index in [4.69, 9.17) is 32.7 Å². The average molecular weight is 453 g/mol. The van der Waals surface area contributed by atoms with Crippen LogP contribution in [0.1, 0.15) is 28.4 Å². The van der Waals surface area contributed by atoms with Crippen LogP contribution in [0.25, 0.3) is 10.9 Å². The molecule has 1 aliphatic rings. The Bertz CT molecular complexity index is 1240. The molecular formula is C25H22Cl2N2O2. The molecule has 6 heteroatoms. The highest BCUT2D eigenvalue weighted by molar-refractivity contribution is 6.35. The van der Waals surface area contributed by atoms with Crippen LogP contribution in [0.2, 0.25) is 10.0 Å². The number of nitrogens with one attached hydrogen (secondary N) is 2. The third kappa shape index (κ3) is 3.87. The van der Waals surface area contributed by atoms with Gasteiger partial charge in [-0.25, -0.2) is 0 Å². The fourth-order valence-corrected chi connectivity index (χ4v) is 4.90. The standard InChI is InChI=1S/C25H22Cl2N2O2/c1-30-25-20(11-16(26)12-21(25)27)23-24-18(9-10-28-23)19-13-17(7-8-22(19)29-24)31-14-15-5-3-2-4-6-15/h2-8,11-13,23,28-29H,9-10,14H2,1H3. The molecule has 3 aromatic carbocycles. The fraction of sp³-hybridized carbons (Fsp3) is 0.200. The summed E-state index contributed by atoms with van der Waals surface area (Å²) in [7, 11) is 1.63. The summed E-state index contributed by atoms with van der Waals surface area (Å²) in [6.07, 6.45) is 0.921. The molecule has 1 aliphatic heterocycles. The first-order valence-electron chi connectivity index (χ1n) is 10.2. The van der Waals surface area contributed by atoms with E-state index in [2.05, 4.69) is 34.6 Å². The third-order valence-electron chi connectivity index (χ3n) is 5.72. The molecule has 0 bridgehead atoms. The van der Waals surface area contributed by atoms with Crippen LogP contribution in [-0.2, 0) is 13.0 Å².